The molecule has 166 valence electrons. The van der Waals surface area contributed by atoms with Gasteiger partial charge in [-0.3, -0.25) is 0 Å². The number of ether oxygens (including phenoxy) is 1. The zero-order valence-electron chi connectivity index (χ0n) is 19.2. The minimum Gasteiger partial charge on any atom is -0.479 e. The van der Waals surface area contributed by atoms with Crippen molar-refractivity contribution in [1.82, 2.24) is 0 Å². The molecule has 1 aromatic rings. The molecule has 0 aromatic heterocycles. The molecule has 0 saturated heterocycles. The predicted octanol–water partition coefficient (Wildman–Crippen LogP) is 6.32. The molecule has 0 atom stereocenters. The third kappa shape index (κ3) is 6.66. The van der Waals surface area contributed by atoms with Gasteiger partial charge >= 0.3 is 5.97 Å². The van der Waals surface area contributed by atoms with E-state index in [9.17, 15) is 9.90 Å². The minimum absolute atomic E-state index is 0.0863. The third-order valence-electron chi connectivity index (χ3n) is 6.27. The fraction of sp³-hybridized carbons (Fsp3) is 0.560. The Morgan fingerprint density at radius 2 is 1.57 bits per heavy atom. The van der Waals surface area contributed by atoms with Gasteiger partial charge in [-0.25, -0.2) is 4.79 Å². The van der Waals surface area contributed by atoms with Crippen LogP contribution in [0.15, 0.2) is 54.6 Å². The van der Waals surface area contributed by atoms with Crippen molar-refractivity contribution >= 4 is 14.3 Å². The van der Waals surface area contributed by atoms with Crippen molar-refractivity contribution in [2.75, 3.05) is 13.2 Å². The Hall–Kier alpha value is -1.69. The van der Waals surface area contributed by atoms with Gasteiger partial charge in [-0.2, -0.15) is 0 Å². The smallest absolute Gasteiger partial charge is 0.344 e. The number of hydrogen-bond donors (Lipinski definition) is 1. The van der Waals surface area contributed by atoms with E-state index >= 15 is 0 Å². The molecule has 1 aliphatic rings. The zero-order valence-corrected chi connectivity index (χ0v) is 20.2. The molecule has 0 radical (unpaired) electrons. The largest absolute Gasteiger partial charge is 0.479 e. The lowest BCUT2D eigenvalue weighted by molar-refractivity contribution is -0.154. The highest BCUT2D eigenvalue weighted by Gasteiger charge is 2.37. The Kier molecular flexibility index (Phi) is 8.65. The molecule has 1 N–H and O–H groups in total. The van der Waals surface area contributed by atoms with Gasteiger partial charge in [0.15, 0.2) is 8.32 Å². The normalized spacial score (nSPS) is 21.7. The summed E-state index contributed by atoms with van der Waals surface area (Å²) in [4.78, 5) is 11.9. The first-order valence-electron chi connectivity index (χ1n) is 11.0. The second kappa shape index (κ2) is 10.6. The zero-order chi connectivity index (χ0) is 22.3. The molecule has 0 heterocycles. The maximum atomic E-state index is 11.9. The van der Waals surface area contributed by atoms with E-state index < -0.39 is 19.9 Å². The quantitative estimate of drug-likeness (QED) is 0.254. The second-order valence-electron chi connectivity index (χ2n) is 9.62. The van der Waals surface area contributed by atoms with Gasteiger partial charge in [0.25, 0.3) is 0 Å². The lowest BCUT2D eigenvalue weighted by atomic mass is 9.88. The summed E-state index contributed by atoms with van der Waals surface area (Å²) in [6, 6.07) is 10.0. The summed E-state index contributed by atoms with van der Waals surface area (Å²) in [5.74, 6) is -0.882. The number of aliphatic carboxylic acids is 1. The van der Waals surface area contributed by atoms with Crippen LogP contribution < -0.4 is 0 Å². The van der Waals surface area contributed by atoms with Crippen molar-refractivity contribution in [2.45, 2.75) is 76.1 Å². The molecule has 0 saturated carbocycles. The first-order chi connectivity index (χ1) is 14.1. The monoisotopic (exact) mass is 430 g/mol. The van der Waals surface area contributed by atoms with Crippen LogP contribution in [0.5, 0.6) is 0 Å². The molecular formula is C25H38O4Si. The fourth-order valence-corrected chi connectivity index (χ4v) is 4.24. The highest BCUT2D eigenvalue weighted by molar-refractivity contribution is 6.74. The summed E-state index contributed by atoms with van der Waals surface area (Å²) < 4.78 is 12.0. The molecular weight excluding hydrogens is 392 g/mol. The van der Waals surface area contributed by atoms with Crippen LogP contribution in [0.2, 0.25) is 18.1 Å². The van der Waals surface area contributed by atoms with Crippen LogP contribution in [0.1, 0.15) is 57.9 Å². The van der Waals surface area contributed by atoms with Crippen LogP contribution in [0.4, 0.5) is 0 Å². The molecule has 1 aromatic carbocycles. The van der Waals surface area contributed by atoms with Gasteiger partial charge in [0.05, 0.1) is 0 Å². The van der Waals surface area contributed by atoms with E-state index in [-0.39, 0.29) is 11.0 Å². The van der Waals surface area contributed by atoms with Crippen molar-refractivity contribution in [3.8, 4) is 0 Å². The Bertz CT molecular complexity index is 717. The molecule has 4 nitrogen and oxygen atoms in total. The maximum absolute atomic E-state index is 11.9. The summed E-state index contributed by atoms with van der Waals surface area (Å²) in [6.45, 7) is 12.6. The van der Waals surface area contributed by atoms with Crippen molar-refractivity contribution in [3.05, 3.63) is 60.2 Å². The Morgan fingerprint density at radius 3 is 2.10 bits per heavy atom. The van der Waals surface area contributed by atoms with Gasteiger partial charge in [0.2, 0.25) is 5.60 Å². The molecule has 0 amide bonds. The molecule has 30 heavy (non-hydrogen) atoms. The van der Waals surface area contributed by atoms with Gasteiger partial charge in [0, 0.05) is 19.1 Å². The SMILES string of the molecule is CC(C)(C)[Si](C)(C)OCCCCCCOC1(C(=O)O)C=CC(c2ccccc2)C=C1. The van der Waals surface area contributed by atoms with Crippen LogP contribution in [0, 0.1) is 0 Å². The first-order valence-corrected chi connectivity index (χ1v) is 13.9. The van der Waals surface area contributed by atoms with Gasteiger partial charge in [-0.05, 0) is 48.7 Å². The molecule has 0 aliphatic heterocycles. The highest BCUT2D eigenvalue weighted by atomic mass is 28.4. The van der Waals surface area contributed by atoms with Crippen LogP contribution >= 0.6 is 0 Å². The molecule has 5 heteroatoms. The molecule has 0 unspecified atom stereocenters. The van der Waals surface area contributed by atoms with E-state index in [1.807, 2.05) is 42.5 Å². The molecule has 2 rings (SSSR count). The summed E-state index contributed by atoms with van der Waals surface area (Å²) in [5, 5.41) is 9.96. The van der Waals surface area contributed by atoms with Crippen LogP contribution in [0.25, 0.3) is 0 Å². The maximum Gasteiger partial charge on any atom is 0.344 e. The molecule has 0 fully saturated rings. The van der Waals surface area contributed by atoms with Crippen molar-refractivity contribution < 1.29 is 19.1 Å². The summed E-state index contributed by atoms with van der Waals surface area (Å²) in [6.07, 6.45) is 11.2. The number of allylic oxidation sites excluding steroid dienone is 2. The summed E-state index contributed by atoms with van der Waals surface area (Å²) in [7, 11) is -1.66. The Balaban J connectivity index is 1.72. The van der Waals surface area contributed by atoms with Crippen molar-refractivity contribution in [1.29, 1.82) is 0 Å². The molecule has 1 aliphatic carbocycles. The van der Waals surface area contributed by atoms with E-state index in [1.165, 1.54) is 0 Å². The predicted molar refractivity (Wildman–Crippen MR) is 125 cm³/mol. The van der Waals surface area contributed by atoms with Gasteiger partial charge < -0.3 is 14.3 Å². The number of rotatable bonds is 11. The van der Waals surface area contributed by atoms with Crippen LogP contribution in [-0.2, 0) is 14.0 Å². The Morgan fingerprint density at radius 1 is 1.00 bits per heavy atom. The summed E-state index contributed by atoms with van der Waals surface area (Å²) >= 11 is 0. The van der Waals surface area contributed by atoms with E-state index in [0.717, 1.165) is 37.9 Å². The fourth-order valence-electron chi connectivity index (χ4n) is 3.15. The van der Waals surface area contributed by atoms with Gasteiger partial charge in [0.1, 0.15) is 0 Å². The van der Waals surface area contributed by atoms with E-state index in [4.69, 9.17) is 9.16 Å². The number of benzene rings is 1. The van der Waals surface area contributed by atoms with Gasteiger partial charge in [-0.1, -0.05) is 76.1 Å². The molecule has 0 bridgehead atoms. The first kappa shape index (κ1) is 24.6. The number of unbranched alkanes of at least 4 members (excludes halogenated alkanes) is 3. The second-order valence-corrected chi connectivity index (χ2v) is 14.4. The lowest BCUT2D eigenvalue weighted by Crippen LogP contribution is -2.40. The van der Waals surface area contributed by atoms with Crippen LogP contribution in [0.3, 0.4) is 0 Å². The number of carbonyl (C=O) groups is 1. The average molecular weight is 431 g/mol. The summed E-state index contributed by atoms with van der Waals surface area (Å²) in [5.41, 5.74) is -0.208. The topological polar surface area (TPSA) is 55.8 Å². The standard InChI is InChI=1S/C25H38O4Si/c1-24(2,3)30(4,5)29-20-12-7-6-11-19-28-25(23(26)27)17-15-22(16-18-25)21-13-9-8-10-14-21/h8-10,13-18,22H,6-7,11-12,19-20H2,1-5H3,(H,26,27). The molecule has 0 spiro atoms. The van der Waals surface area contributed by atoms with E-state index in [0.29, 0.717) is 6.61 Å². The Labute approximate surface area is 183 Å². The highest BCUT2D eigenvalue weighted by Crippen LogP contribution is 2.36. The van der Waals surface area contributed by atoms with E-state index in [1.54, 1.807) is 12.2 Å². The van der Waals surface area contributed by atoms with Crippen LogP contribution in [-0.4, -0.2) is 38.2 Å². The number of hydrogen-bond acceptors (Lipinski definition) is 3. The van der Waals surface area contributed by atoms with Crippen molar-refractivity contribution in [3.63, 3.8) is 0 Å². The van der Waals surface area contributed by atoms with E-state index in [2.05, 4.69) is 33.9 Å². The number of carboxylic acids is 1. The third-order valence-corrected chi connectivity index (χ3v) is 10.8. The lowest BCUT2D eigenvalue weighted by Gasteiger charge is -2.36. The van der Waals surface area contributed by atoms with Crippen molar-refractivity contribution in [2.24, 2.45) is 0 Å². The average Bonchev–Trinajstić information content (AvgIpc) is 2.70. The number of carboxylic acid groups (broad SMARTS) is 1. The minimum atomic E-state index is -1.66. The van der Waals surface area contributed by atoms with Gasteiger partial charge in [-0.15, -0.1) is 0 Å².